The molecule has 1 aromatic heterocycles. The first-order valence-corrected chi connectivity index (χ1v) is 7.83. The predicted octanol–water partition coefficient (Wildman–Crippen LogP) is 2.78. The van der Waals surface area contributed by atoms with Gasteiger partial charge in [-0.15, -0.1) is 11.3 Å². The van der Waals surface area contributed by atoms with E-state index < -0.39 is 0 Å². The lowest BCUT2D eigenvalue weighted by atomic mass is 9.99. The Morgan fingerprint density at radius 3 is 2.81 bits per heavy atom. The molecule has 21 heavy (non-hydrogen) atoms. The third-order valence-corrected chi connectivity index (χ3v) is 5.08. The van der Waals surface area contributed by atoms with Gasteiger partial charge in [0.25, 0.3) is 5.91 Å². The van der Waals surface area contributed by atoms with Crippen LogP contribution in [0, 0.1) is 11.8 Å². The molecule has 0 saturated carbocycles. The number of amides is 1. The quantitative estimate of drug-likeness (QED) is 0.802. The van der Waals surface area contributed by atoms with E-state index in [9.17, 15) is 9.59 Å². The van der Waals surface area contributed by atoms with Crippen LogP contribution in [0.3, 0.4) is 0 Å². The van der Waals surface area contributed by atoms with Crippen molar-refractivity contribution in [3.05, 3.63) is 35.2 Å². The molecule has 1 fully saturated rings. The molecule has 5 heteroatoms. The molecule has 2 unspecified atom stereocenters. The lowest BCUT2D eigenvalue weighted by Gasteiger charge is -2.15. The van der Waals surface area contributed by atoms with Crippen molar-refractivity contribution in [2.24, 2.45) is 11.8 Å². The smallest absolute Gasteiger partial charge is 0.310 e. The van der Waals surface area contributed by atoms with Gasteiger partial charge in [0, 0.05) is 28.6 Å². The SMILES string of the molecule is COC(=O)C1CN(C(=O)c2csc3ccccc23)CC1C. The molecule has 0 aliphatic carbocycles. The van der Waals surface area contributed by atoms with Crippen LogP contribution < -0.4 is 0 Å². The largest absolute Gasteiger partial charge is 0.469 e. The number of benzene rings is 1. The number of ether oxygens (including phenoxy) is 1. The van der Waals surface area contributed by atoms with E-state index >= 15 is 0 Å². The maximum atomic E-state index is 12.7. The van der Waals surface area contributed by atoms with Crippen LogP contribution >= 0.6 is 11.3 Å². The Morgan fingerprint density at radius 1 is 1.29 bits per heavy atom. The van der Waals surface area contributed by atoms with Gasteiger partial charge in [0.2, 0.25) is 0 Å². The number of carbonyl (C=O) groups excluding carboxylic acids is 2. The normalized spacial score (nSPS) is 21.7. The molecule has 110 valence electrons. The number of likely N-dealkylation sites (tertiary alicyclic amines) is 1. The minimum absolute atomic E-state index is 0.00528. The minimum Gasteiger partial charge on any atom is -0.469 e. The molecular formula is C16H17NO3S. The average molecular weight is 303 g/mol. The van der Waals surface area contributed by atoms with E-state index in [-0.39, 0.29) is 23.7 Å². The summed E-state index contributed by atoms with van der Waals surface area (Å²) in [6.07, 6.45) is 0. The monoisotopic (exact) mass is 303 g/mol. The van der Waals surface area contributed by atoms with Crippen LogP contribution in [0.1, 0.15) is 17.3 Å². The molecule has 3 rings (SSSR count). The molecule has 0 radical (unpaired) electrons. The Labute approximate surface area is 127 Å². The van der Waals surface area contributed by atoms with E-state index in [4.69, 9.17) is 4.74 Å². The van der Waals surface area contributed by atoms with Gasteiger partial charge in [0.1, 0.15) is 0 Å². The summed E-state index contributed by atoms with van der Waals surface area (Å²) >= 11 is 1.57. The first kappa shape index (κ1) is 14.1. The van der Waals surface area contributed by atoms with Gasteiger partial charge in [-0.3, -0.25) is 9.59 Å². The number of thiophene rings is 1. The molecule has 2 atom stereocenters. The van der Waals surface area contributed by atoms with Gasteiger partial charge in [-0.2, -0.15) is 0 Å². The Balaban J connectivity index is 1.85. The van der Waals surface area contributed by atoms with Crippen LogP contribution in [-0.2, 0) is 9.53 Å². The van der Waals surface area contributed by atoms with Crippen molar-refractivity contribution in [3.8, 4) is 0 Å². The van der Waals surface area contributed by atoms with Crippen molar-refractivity contribution in [3.63, 3.8) is 0 Å². The molecular weight excluding hydrogens is 286 g/mol. The lowest BCUT2D eigenvalue weighted by molar-refractivity contribution is -0.146. The second-order valence-corrected chi connectivity index (χ2v) is 6.37. The second kappa shape index (κ2) is 5.48. The zero-order valence-electron chi connectivity index (χ0n) is 12.0. The van der Waals surface area contributed by atoms with Crippen LogP contribution in [0.5, 0.6) is 0 Å². The summed E-state index contributed by atoms with van der Waals surface area (Å²) in [5, 5.41) is 2.89. The van der Waals surface area contributed by atoms with Crippen LogP contribution in [0.25, 0.3) is 10.1 Å². The van der Waals surface area contributed by atoms with Crippen LogP contribution in [0.4, 0.5) is 0 Å². The van der Waals surface area contributed by atoms with Crippen molar-refractivity contribution in [1.82, 2.24) is 4.90 Å². The Bertz CT molecular complexity index is 694. The Morgan fingerprint density at radius 2 is 2.05 bits per heavy atom. The van der Waals surface area contributed by atoms with E-state index in [0.29, 0.717) is 13.1 Å². The van der Waals surface area contributed by atoms with Gasteiger partial charge in [0.15, 0.2) is 0 Å². The van der Waals surface area contributed by atoms with E-state index in [1.807, 2.05) is 36.6 Å². The molecule has 2 heterocycles. The zero-order valence-corrected chi connectivity index (χ0v) is 12.9. The molecule has 0 bridgehead atoms. The summed E-state index contributed by atoms with van der Waals surface area (Å²) in [4.78, 5) is 26.2. The summed E-state index contributed by atoms with van der Waals surface area (Å²) < 4.78 is 5.93. The van der Waals surface area contributed by atoms with E-state index in [2.05, 4.69) is 0 Å². The summed E-state index contributed by atoms with van der Waals surface area (Å²) in [7, 11) is 1.39. The molecule has 2 aromatic rings. The fourth-order valence-electron chi connectivity index (χ4n) is 2.90. The fraction of sp³-hybridized carbons (Fsp3) is 0.375. The Kier molecular flexibility index (Phi) is 3.68. The zero-order chi connectivity index (χ0) is 15.0. The highest BCUT2D eigenvalue weighted by atomic mass is 32.1. The second-order valence-electron chi connectivity index (χ2n) is 5.46. The summed E-state index contributed by atoms with van der Waals surface area (Å²) in [6, 6.07) is 7.89. The minimum atomic E-state index is -0.229. The van der Waals surface area contributed by atoms with Gasteiger partial charge in [-0.25, -0.2) is 0 Å². The molecule has 4 nitrogen and oxygen atoms in total. The van der Waals surface area contributed by atoms with Crippen LogP contribution in [0.2, 0.25) is 0 Å². The summed E-state index contributed by atoms with van der Waals surface area (Å²) in [6.45, 7) is 3.03. The number of hydrogen-bond acceptors (Lipinski definition) is 4. The first-order valence-electron chi connectivity index (χ1n) is 6.95. The van der Waals surface area contributed by atoms with Crippen LogP contribution in [0.15, 0.2) is 29.6 Å². The van der Waals surface area contributed by atoms with Crippen LogP contribution in [-0.4, -0.2) is 37.0 Å². The third-order valence-electron chi connectivity index (χ3n) is 4.11. The predicted molar refractivity (Wildman–Crippen MR) is 82.4 cm³/mol. The number of esters is 1. The first-order chi connectivity index (χ1) is 10.1. The number of hydrogen-bond donors (Lipinski definition) is 0. The number of methoxy groups -OCH3 is 1. The number of rotatable bonds is 2. The van der Waals surface area contributed by atoms with E-state index in [0.717, 1.165) is 15.6 Å². The third kappa shape index (κ3) is 2.42. The van der Waals surface area contributed by atoms with Gasteiger partial charge >= 0.3 is 5.97 Å². The maximum absolute atomic E-state index is 12.7. The standard InChI is InChI=1S/C16H17NO3S/c1-10-7-17(8-12(10)16(19)20-2)15(18)13-9-21-14-6-4-3-5-11(13)14/h3-6,9-10,12H,7-8H2,1-2H3. The number of nitrogens with zero attached hydrogens (tertiary/aromatic N) is 1. The van der Waals surface area contributed by atoms with E-state index in [1.165, 1.54) is 7.11 Å². The van der Waals surface area contributed by atoms with Gasteiger partial charge in [-0.05, 0) is 12.0 Å². The molecule has 1 aromatic carbocycles. The maximum Gasteiger partial charge on any atom is 0.310 e. The summed E-state index contributed by atoms with van der Waals surface area (Å²) in [5.41, 5.74) is 0.730. The van der Waals surface area contributed by atoms with Crippen molar-refractivity contribution < 1.29 is 14.3 Å². The highest BCUT2D eigenvalue weighted by molar-refractivity contribution is 7.17. The molecule has 1 saturated heterocycles. The Hall–Kier alpha value is -1.88. The number of fused-ring (bicyclic) bond motifs is 1. The fourth-order valence-corrected chi connectivity index (χ4v) is 3.84. The molecule has 1 aliphatic rings. The molecule has 0 N–H and O–H groups in total. The molecule has 0 spiro atoms. The highest BCUT2D eigenvalue weighted by Gasteiger charge is 2.38. The van der Waals surface area contributed by atoms with Crippen molar-refractivity contribution >= 4 is 33.3 Å². The van der Waals surface area contributed by atoms with E-state index in [1.54, 1.807) is 16.2 Å². The van der Waals surface area contributed by atoms with Gasteiger partial charge in [-0.1, -0.05) is 25.1 Å². The van der Waals surface area contributed by atoms with Gasteiger partial charge in [0.05, 0.1) is 18.6 Å². The molecule has 1 amide bonds. The average Bonchev–Trinajstić information content (AvgIpc) is 3.09. The number of carbonyl (C=O) groups is 2. The lowest BCUT2D eigenvalue weighted by Crippen LogP contribution is -2.30. The highest BCUT2D eigenvalue weighted by Crippen LogP contribution is 2.30. The van der Waals surface area contributed by atoms with Crippen molar-refractivity contribution in [2.45, 2.75) is 6.92 Å². The van der Waals surface area contributed by atoms with Crippen molar-refractivity contribution in [2.75, 3.05) is 20.2 Å². The summed E-state index contributed by atoms with van der Waals surface area (Å²) in [5.74, 6) is -0.311. The van der Waals surface area contributed by atoms with Gasteiger partial charge < -0.3 is 9.64 Å². The topological polar surface area (TPSA) is 46.6 Å². The van der Waals surface area contributed by atoms with Crippen molar-refractivity contribution in [1.29, 1.82) is 0 Å². The molecule has 1 aliphatic heterocycles.